The number of nitrogens with one attached hydrogen (secondary N) is 1. The van der Waals surface area contributed by atoms with Gasteiger partial charge in [0.25, 0.3) is 5.91 Å². The highest BCUT2D eigenvalue weighted by Crippen LogP contribution is 2.48. The molecule has 8 heteroatoms. The summed E-state index contributed by atoms with van der Waals surface area (Å²) in [7, 11) is 1.64. The van der Waals surface area contributed by atoms with E-state index in [-0.39, 0.29) is 11.3 Å². The van der Waals surface area contributed by atoms with Crippen molar-refractivity contribution in [3.8, 4) is 5.75 Å². The van der Waals surface area contributed by atoms with Gasteiger partial charge >= 0.3 is 0 Å². The Morgan fingerprint density at radius 3 is 2.71 bits per heavy atom. The van der Waals surface area contributed by atoms with Crippen LogP contribution in [0, 0.1) is 0 Å². The van der Waals surface area contributed by atoms with Gasteiger partial charge in [-0.1, -0.05) is 61.9 Å². The Morgan fingerprint density at radius 1 is 1.19 bits per heavy atom. The third-order valence-electron chi connectivity index (χ3n) is 5.49. The van der Waals surface area contributed by atoms with Crippen molar-refractivity contribution in [2.45, 2.75) is 32.2 Å². The molecule has 1 atom stereocenters. The van der Waals surface area contributed by atoms with Crippen molar-refractivity contribution in [3.05, 3.63) is 70.0 Å². The molecule has 1 aliphatic rings. The lowest BCUT2D eigenvalue weighted by molar-refractivity contribution is 0.0988. The molecule has 0 bridgehead atoms. The number of methoxy groups -OCH3 is 1. The van der Waals surface area contributed by atoms with Crippen molar-refractivity contribution in [2.24, 2.45) is 0 Å². The highest BCUT2D eigenvalue weighted by molar-refractivity contribution is 7.22. The molecule has 0 spiro atoms. The van der Waals surface area contributed by atoms with Crippen molar-refractivity contribution in [1.82, 2.24) is 15.2 Å². The summed E-state index contributed by atoms with van der Waals surface area (Å²) in [5, 5.41) is 8.78. The van der Waals surface area contributed by atoms with Crippen LogP contribution in [0.5, 0.6) is 5.75 Å². The summed E-state index contributed by atoms with van der Waals surface area (Å²) in [6, 6.07) is 12.9. The Hall–Kier alpha value is -2.90. The molecule has 1 N–H and O–H groups in total. The topological polar surface area (TPSA) is 71.1 Å². The average molecular weight is 453 g/mol. The lowest BCUT2D eigenvalue weighted by Crippen LogP contribution is -2.30. The van der Waals surface area contributed by atoms with Gasteiger partial charge < -0.3 is 4.74 Å². The maximum absolute atomic E-state index is 13.6. The largest absolute Gasteiger partial charge is 0.496 e. The number of H-pyrrole nitrogens is 1. The van der Waals surface area contributed by atoms with Crippen LogP contribution in [-0.4, -0.2) is 28.2 Å². The predicted octanol–water partition coefficient (Wildman–Crippen LogP) is 5.73. The van der Waals surface area contributed by atoms with Crippen molar-refractivity contribution in [1.29, 1.82) is 0 Å². The van der Waals surface area contributed by atoms with E-state index in [9.17, 15) is 4.79 Å². The Bertz CT molecular complexity index is 1320. The third kappa shape index (κ3) is 3.11. The Labute approximate surface area is 188 Å². The Morgan fingerprint density at radius 2 is 1.97 bits per heavy atom. The number of aromatic nitrogens is 3. The zero-order chi connectivity index (χ0) is 21.9. The summed E-state index contributed by atoms with van der Waals surface area (Å²) < 4.78 is 6.59. The minimum atomic E-state index is -0.400. The highest BCUT2D eigenvalue weighted by atomic mass is 35.5. The molecule has 1 amide bonds. The molecule has 2 aromatic carbocycles. The molecule has 5 rings (SSSR count). The summed E-state index contributed by atoms with van der Waals surface area (Å²) in [5.41, 5.74) is 3.70. The van der Waals surface area contributed by atoms with Crippen molar-refractivity contribution >= 4 is 44.2 Å². The average Bonchev–Trinajstić information content (AvgIpc) is 3.40. The number of fused-ring (bicyclic) bond motifs is 2. The van der Waals surface area contributed by atoms with Crippen molar-refractivity contribution < 1.29 is 9.53 Å². The number of aromatic amines is 1. The molecule has 2 aromatic heterocycles. The molecule has 31 heavy (non-hydrogen) atoms. The van der Waals surface area contributed by atoms with E-state index in [0.717, 1.165) is 27.0 Å². The number of hydrogen-bond donors (Lipinski definition) is 1. The van der Waals surface area contributed by atoms with Gasteiger partial charge in [0.1, 0.15) is 5.75 Å². The first-order valence-corrected chi connectivity index (χ1v) is 11.1. The summed E-state index contributed by atoms with van der Waals surface area (Å²) in [6.07, 6.45) is 0. The second kappa shape index (κ2) is 7.07. The molecule has 3 heterocycles. The molecular formula is C23H21ClN4O2S. The number of hydrogen-bond acceptors (Lipinski definition) is 5. The van der Waals surface area contributed by atoms with Crippen LogP contribution < -0.4 is 9.64 Å². The normalized spacial score (nSPS) is 16.2. The standard InChI is InChI=1S/C23H21ClN4O2S/c1-23(2,3)20-17-18(26-27-20)21(29)28(19(17)13-7-5-6-8-15(13)30-4)22-25-14-10-9-12(24)11-16(14)31-22/h5-11,19H,1-4H3,(H,26,27)/t19-/m1/s1. The summed E-state index contributed by atoms with van der Waals surface area (Å²) >= 11 is 7.62. The monoisotopic (exact) mass is 452 g/mol. The van der Waals surface area contributed by atoms with Gasteiger partial charge in [-0.2, -0.15) is 5.10 Å². The number of thiazole rings is 1. The Kier molecular flexibility index (Phi) is 4.57. The number of amides is 1. The van der Waals surface area contributed by atoms with Crippen LogP contribution in [0.25, 0.3) is 10.2 Å². The van der Waals surface area contributed by atoms with Crippen LogP contribution in [0.15, 0.2) is 42.5 Å². The second-order valence-electron chi connectivity index (χ2n) is 8.54. The number of nitrogens with zero attached hydrogens (tertiary/aromatic N) is 3. The number of halogens is 1. The van der Waals surface area contributed by atoms with Gasteiger partial charge in [-0.25, -0.2) is 4.98 Å². The van der Waals surface area contributed by atoms with Gasteiger partial charge in [0.05, 0.1) is 23.4 Å². The first kappa shape index (κ1) is 20.0. The van der Waals surface area contributed by atoms with E-state index < -0.39 is 6.04 Å². The van der Waals surface area contributed by atoms with Crippen LogP contribution in [0.3, 0.4) is 0 Å². The number of rotatable bonds is 3. The second-order valence-corrected chi connectivity index (χ2v) is 9.98. The fraction of sp³-hybridized carbons (Fsp3) is 0.261. The van der Waals surface area contributed by atoms with E-state index in [1.165, 1.54) is 11.3 Å². The maximum Gasteiger partial charge on any atom is 0.281 e. The van der Waals surface area contributed by atoms with Gasteiger partial charge in [0.2, 0.25) is 0 Å². The summed E-state index contributed by atoms with van der Waals surface area (Å²) in [6.45, 7) is 6.31. The van der Waals surface area contributed by atoms with E-state index in [1.807, 2.05) is 36.4 Å². The molecule has 0 unspecified atom stereocenters. The number of carbonyl (C=O) groups is 1. The van der Waals surface area contributed by atoms with Gasteiger partial charge in [-0.05, 0) is 24.3 Å². The molecule has 0 saturated carbocycles. The maximum atomic E-state index is 13.6. The molecule has 0 saturated heterocycles. The van der Waals surface area contributed by atoms with E-state index in [1.54, 1.807) is 18.1 Å². The van der Waals surface area contributed by atoms with E-state index in [0.29, 0.717) is 21.6 Å². The van der Waals surface area contributed by atoms with Gasteiger partial charge in [-0.3, -0.25) is 14.8 Å². The van der Waals surface area contributed by atoms with Crippen molar-refractivity contribution in [2.75, 3.05) is 12.0 Å². The van der Waals surface area contributed by atoms with Crippen LogP contribution in [0.1, 0.15) is 54.1 Å². The third-order valence-corrected chi connectivity index (χ3v) is 6.74. The van der Waals surface area contributed by atoms with Crippen molar-refractivity contribution in [3.63, 3.8) is 0 Å². The molecule has 4 aromatic rings. The molecular weight excluding hydrogens is 432 g/mol. The summed E-state index contributed by atoms with van der Waals surface area (Å²) in [5.74, 6) is 0.533. The molecule has 0 fully saturated rings. The van der Waals surface area contributed by atoms with Gasteiger partial charge in [0, 0.05) is 27.3 Å². The minimum Gasteiger partial charge on any atom is -0.496 e. The van der Waals surface area contributed by atoms with Gasteiger partial charge in [0.15, 0.2) is 10.8 Å². The number of benzene rings is 2. The molecule has 6 nitrogen and oxygen atoms in total. The smallest absolute Gasteiger partial charge is 0.281 e. The lowest BCUT2D eigenvalue weighted by atomic mass is 9.85. The zero-order valence-electron chi connectivity index (χ0n) is 17.6. The van der Waals surface area contributed by atoms with E-state index >= 15 is 0 Å². The minimum absolute atomic E-state index is 0.178. The quantitative estimate of drug-likeness (QED) is 0.431. The van der Waals surface area contributed by atoms with Crippen LogP contribution >= 0.6 is 22.9 Å². The SMILES string of the molecule is COc1ccccc1[C@@H]1c2c(n[nH]c2C(C)(C)C)C(=O)N1c1nc2ccc(Cl)cc2s1. The molecule has 0 radical (unpaired) electrons. The fourth-order valence-corrected chi connectivity index (χ4v) is 5.35. The summed E-state index contributed by atoms with van der Waals surface area (Å²) in [4.78, 5) is 20.1. The molecule has 158 valence electrons. The number of ether oxygens (including phenoxy) is 1. The molecule has 1 aliphatic heterocycles. The highest BCUT2D eigenvalue weighted by Gasteiger charge is 2.46. The predicted molar refractivity (Wildman–Crippen MR) is 124 cm³/mol. The van der Waals surface area contributed by atoms with Crippen LogP contribution in [-0.2, 0) is 5.41 Å². The number of para-hydroxylation sites is 1. The van der Waals surface area contributed by atoms with Crippen LogP contribution in [0.2, 0.25) is 5.02 Å². The number of anilines is 1. The van der Waals surface area contributed by atoms with Gasteiger partial charge in [-0.15, -0.1) is 0 Å². The lowest BCUT2D eigenvalue weighted by Gasteiger charge is -2.27. The van der Waals surface area contributed by atoms with E-state index in [2.05, 4.69) is 31.0 Å². The first-order valence-electron chi connectivity index (χ1n) is 9.91. The zero-order valence-corrected chi connectivity index (χ0v) is 19.1. The van der Waals surface area contributed by atoms with Crippen LogP contribution in [0.4, 0.5) is 5.13 Å². The Balaban J connectivity index is 1.76. The fourth-order valence-electron chi connectivity index (χ4n) is 4.09. The van der Waals surface area contributed by atoms with E-state index in [4.69, 9.17) is 21.3 Å². The molecule has 0 aliphatic carbocycles. The first-order chi connectivity index (χ1) is 14.8. The number of carbonyl (C=O) groups excluding carboxylic acids is 1.